The largest absolute Gasteiger partial charge is 0.377 e. The molecule has 0 radical (unpaired) electrons. The summed E-state index contributed by atoms with van der Waals surface area (Å²) in [4.78, 5) is 0. The lowest BCUT2D eigenvalue weighted by atomic mass is 10.1. The Labute approximate surface area is 96.8 Å². The third-order valence-electron chi connectivity index (χ3n) is 2.33. The molecule has 1 rings (SSSR count). The van der Waals surface area contributed by atoms with Crippen LogP contribution >= 0.6 is 0 Å². The van der Waals surface area contributed by atoms with E-state index in [2.05, 4.69) is 5.32 Å². The van der Waals surface area contributed by atoms with Crippen LogP contribution in [0.2, 0.25) is 0 Å². The number of benzene rings is 1. The summed E-state index contributed by atoms with van der Waals surface area (Å²) in [5, 5.41) is 3.23. The SMILES string of the molecule is CCNC(COC(C)C)c1ccccc1F. The number of rotatable bonds is 6. The second-order valence-corrected chi connectivity index (χ2v) is 4.01. The van der Waals surface area contributed by atoms with Gasteiger partial charge < -0.3 is 10.1 Å². The van der Waals surface area contributed by atoms with Crippen LogP contribution in [0.3, 0.4) is 0 Å². The van der Waals surface area contributed by atoms with Crippen molar-refractivity contribution in [1.82, 2.24) is 5.32 Å². The van der Waals surface area contributed by atoms with Crippen LogP contribution in [0.25, 0.3) is 0 Å². The molecule has 0 aliphatic rings. The topological polar surface area (TPSA) is 21.3 Å². The highest BCUT2D eigenvalue weighted by Crippen LogP contribution is 2.17. The lowest BCUT2D eigenvalue weighted by molar-refractivity contribution is 0.0607. The maximum absolute atomic E-state index is 13.6. The maximum atomic E-state index is 13.6. The van der Waals surface area contributed by atoms with Crippen LogP contribution in [0.1, 0.15) is 32.4 Å². The predicted octanol–water partition coefficient (Wildman–Crippen LogP) is 2.90. The molecule has 1 atom stereocenters. The van der Waals surface area contributed by atoms with Crippen molar-refractivity contribution in [3.05, 3.63) is 35.6 Å². The summed E-state index contributed by atoms with van der Waals surface area (Å²) in [5.74, 6) is -0.180. The molecule has 0 heterocycles. The lowest BCUT2D eigenvalue weighted by Gasteiger charge is -2.20. The molecule has 0 aliphatic heterocycles. The fraction of sp³-hybridized carbons (Fsp3) is 0.538. The van der Waals surface area contributed by atoms with Gasteiger partial charge in [-0.15, -0.1) is 0 Å². The van der Waals surface area contributed by atoms with Crippen molar-refractivity contribution < 1.29 is 9.13 Å². The molecule has 2 nitrogen and oxygen atoms in total. The third kappa shape index (κ3) is 3.91. The molecule has 90 valence electrons. The number of halogens is 1. The summed E-state index contributed by atoms with van der Waals surface area (Å²) in [6.07, 6.45) is 0.160. The van der Waals surface area contributed by atoms with Crippen LogP contribution in [0.15, 0.2) is 24.3 Å². The molecule has 0 bridgehead atoms. The van der Waals surface area contributed by atoms with E-state index in [-0.39, 0.29) is 18.0 Å². The highest BCUT2D eigenvalue weighted by molar-refractivity contribution is 5.21. The maximum Gasteiger partial charge on any atom is 0.128 e. The lowest BCUT2D eigenvalue weighted by Crippen LogP contribution is -2.27. The van der Waals surface area contributed by atoms with E-state index in [1.165, 1.54) is 6.07 Å². The van der Waals surface area contributed by atoms with Crippen molar-refractivity contribution in [1.29, 1.82) is 0 Å². The van der Waals surface area contributed by atoms with Gasteiger partial charge in [-0.3, -0.25) is 0 Å². The van der Waals surface area contributed by atoms with Gasteiger partial charge in [0.1, 0.15) is 5.82 Å². The van der Waals surface area contributed by atoms with E-state index >= 15 is 0 Å². The quantitative estimate of drug-likeness (QED) is 0.803. The summed E-state index contributed by atoms with van der Waals surface area (Å²) in [7, 11) is 0. The highest BCUT2D eigenvalue weighted by atomic mass is 19.1. The minimum Gasteiger partial charge on any atom is -0.377 e. The first-order valence-electron chi connectivity index (χ1n) is 5.74. The van der Waals surface area contributed by atoms with Crippen molar-refractivity contribution in [2.24, 2.45) is 0 Å². The van der Waals surface area contributed by atoms with Crippen LogP contribution in [0.5, 0.6) is 0 Å². The van der Waals surface area contributed by atoms with Gasteiger partial charge in [-0.05, 0) is 26.5 Å². The fourth-order valence-corrected chi connectivity index (χ4v) is 1.55. The summed E-state index contributed by atoms with van der Waals surface area (Å²) in [6, 6.07) is 6.75. The molecular formula is C13H20FNO. The molecule has 0 fully saturated rings. The standard InChI is InChI=1S/C13H20FNO/c1-4-15-13(9-16-10(2)3)11-7-5-6-8-12(11)14/h5-8,10,13,15H,4,9H2,1-3H3. The van der Waals surface area contributed by atoms with E-state index in [9.17, 15) is 4.39 Å². The molecule has 0 saturated carbocycles. The van der Waals surface area contributed by atoms with Gasteiger partial charge in [0.2, 0.25) is 0 Å². The molecule has 1 aromatic carbocycles. The minimum atomic E-state index is -0.180. The van der Waals surface area contributed by atoms with E-state index in [1.54, 1.807) is 12.1 Å². The van der Waals surface area contributed by atoms with Gasteiger partial charge in [0.05, 0.1) is 18.8 Å². The van der Waals surface area contributed by atoms with Crippen molar-refractivity contribution in [3.8, 4) is 0 Å². The Morgan fingerprint density at radius 2 is 2.00 bits per heavy atom. The number of nitrogens with one attached hydrogen (secondary N) is 1. The van der Waals surface area contributed by atoms with E-state index in [4.69, 9.17) is 4.74 Å². The van der Waals surface area contributed by atoms with Crippen molar-refractivity contribution in [3.63, 3.8) is 0 Å². The van der Waals surface area contributed by atoms with Crippen molar-refractivity contribution in [2.45, 2.75) is 32.9 Å². The van der Waals surface area contributed by atoms with E-state index in [0.29, 0.717) is 12.2 Å². The van der Waals surface area contributed by atoms with E-state index < -0.39 is 0 Å². The van der Waals surface area contributed by atoms with Crippen molar-refractivity contribution >= 4 is 0 Å². The van der Waals surface area contributed by atoms with Gasteiger partial charge >= 0.3 is 0 Å². The molecule has 3 heteroatoms. The smallest absolute Gasteiger partial charge is 0.128 e. The molecule has 0 amide bonds. The van der Waals surface area contributed by atoms with Crippen LogP contribution < -0.4 is 5.32 Å². The van der Waals surface area contributed by atoms with Gasteiger partial charge in [-0.1, -0.05) is 25.1 Å². The summed E-state index contributed by atoms with van der Waals surface area (Å²) in [5.41, 5.74) is 0.671. The first-order valence-corrected chi connectivity index (χ1v) is 5.74. The Balaban J connectivity index is 2.73. The van der Waals surface area contributed by atoms with Crippen LogP contribution in [0, 0.1) is 5.82 Å². The summed E-state index contributed by atoms with van der Waals surface area (Å²) in [6.45, 7) is 7.24. The summed E-state index contributed by atoms with van der Waals surface area (Å²) >= 11 is 0. The third-order valence-corrected chi connectivity index (χ3v) is 2.33. The molecule has 0 aromatic heterocycles. The zero-order valence-electron chi connectivity index (χ0n) is 10.2. The minimum absolute atomic E-state index is 0.0754. The first-order chi connectivity index (χ1) is 7.65. The normalized spacial score (nSPS) is 13.1. The Hall–Kier alpha value is -0.930. The molecule has 1 N–H and O–H groups in total. The molecule has 16 heavy (non-hydrogen) atoms. The Bertz CT molecular complexity index is 315. The van der Waals surface area contributed by atoms with Gasteiger partial charge in [0.25, 0.3) is 0 Å². The van der Waals surface area contributed by atoms with Crippen molar-refractivity contribution in [2.75, 3.05) is 13.2 Å². The van der Waals surface area contributed by atoms with E-state index in [0.717, 1.165) is 6.54 Å². The Kier molecular flexibility index (Phi) is 5.43. The Morgan fingerprint density at radius 3 is 2.56 bits per heavy atom. The van der Waals surface area contributed by atoms with Gasteiger partial charge in [0.15, 0.2) is 0 Å². The second kappa shape index (κ2) is 6.61. The number of hydrogen-bond donors (Lipinski definition) is 1. The highest BCUT2D eigenvalue weighted by Gasteiger charge is 2.14. The molecule has 0 aliphatic carbocycles. The van der Waals surface area contributed by atoms with Crippen LogP contribution in [-0.2, 0) is 4.74 Å². The Morgan fingerprint density at radius 1 is 1.31 bits per heavy atom. The molecule has 0 spiro atoms. The average Bonchev–Trinajstić information content (AvgIpc) is 2.25. The second-order valence-electron chi connectivity index (χ2n) is 4.01. The molecular weight excluding hydrogens is 205 g/mol. The predicted molar refractivity (Wildman–Crippen MR) is 63.9 cm³/mol. The van der Waals surface area contributed by atoms with Gasteiger partial charge in [0, 0.05) is 5.56 Å². The van der Waals surface area contributed by atoms with Gasteiger partial charge in [-0.2, -0.15) is 0 Å². The van der Waals surface area contributed by atoms with Crippen LogP contribution in [0.4, 0.5) is 4.39 Å². The number of likely N-dealkylation sites (N-methyl/N-ethyl adjacent to an activating group) is 1. The first kappa shape index (κ1) is 13.1. The van der Waals surface area contributed by atoms with E-state index in [1.807, 2.05) is 26.8 Å². The summed E-state index contributed by atoms with van der Waals surface area (Å²) < 4.78 is 19.1. The number of hydrogen-bond acceptors (Lipinski definition) is 2. The number of ether oxygens (including phenoxy) is 1. The average molecular weight is 225 g/mol. The zero-order chi connectivity index (χ0) is 12.0. The fourth-order valence-electron chi connectivity index (χ4n) is 1.55. The van der Waals surface area contributed by atoms with Gasteiger partial charge in [-0.25, -0.2) is 4.39 Å². The molecule has 1 unspecified atom stereocenters. The monoisotopic (exact) mass is 225 g/mol. The zero-order valence-corrected chi connectivity index (χ0v) is 10.2. The molecule has 0 saturated heterocycles. The van der Waals surface area contributed by atoms with Crippen LogP contribution in [-0.4, -0.2) is 19.3 Å². The molecule has 1 aromatic rings.